The molecule has 1 unspecified atom stereocenters. The Morgan fingerprint density at radius 3 is 2.74 bits per heavy atom. The quantitative estimate of drug-likeness (QED) is 0.778. The third-order valence-electron chi connectivity index (χ3n) is 3.15. The first-order valence-electron chi connectivity index (χ1n) is 7.35. The van der Waals surface area contributed by atoms with Gasteiger partial charge in [-0.3, -0.25) is 4.79 Å². The van der Waals surface area contributed by atoms with E-state index in [0.29, 0.717) is 12.1 Å². The summed E-state index contributed by atoms with van der Waals surface area (Å²) >= 11 is 3.14. The topological polar surface area (TPSA) is 68.3 Å². The van der Waals surface area contributed by atoms with Gasteiger partial charge in [-0.2, -0.15) is 0 Å². The van der Waals surface area contributed by atoms with Crippen molar-refractivity contribution in [2.75, 3.05) is 7.11 Å². The van der Waals surface area contributed by atoms with Crippen LogP contribution in [0.1, 0.15) is 26.0 Å². The highest BCUT2D eigenvalue weighted by Gasteiger charge is 2.23. The van der Waals surface area contributed by atoms with Gasteiger partial charge in [-0.1, -0.05) is 19.9 Å². The Morgan fingerprint density at radius 1 is 1.35 bits per heavy atom. The predicted molar refractivity (Wildman–Crippen MR) is 92.5 cm³/mol. The van der Waals surface area contributed by atoms with Gasteiger partial charge in [-0.25, -0.2) is 9.78 Å². The van der Waals surface area contributed by atoms with Crippen molar-refractivity contribution in [1.82, 2.24) is 10.3 Å². The van der Waals surface area contributed by atoms with E-state index in [1.54, 1.807) is 11.3 Å². The van der Waals surface area contributed by atoms with Gasteiger partial charge in [-0.05, 0) is 23.8 Å². The Morgan fingerprint density at radius 2 is 2.13 bits per heavy atom. The first kappa shape index (κ1) is 17.6. The van der Waals surface area contributed by atoms with E-state index in [4.69, 9.17) is 4.74 Å². The third kappa shape index (κ3) is 5.14. The number of thiophene rings is 1. The summed E-state index contributed by atoms with van der Waals surface area (Å²) in [5, 5.41) is 7.53. The Bertz CT molecular complexity index is 650. The van der Waals surface area contributed by atoms with E-state index >= 15 is 0 Å². The zero-order valence-corrected chi connectivity index (χ0v) is 15.0. The van der Waals surface area contributed by atoms with Crippen LogP contribution < -0.4 is 5.32 Å². The molecule has 1 N–H and O–H groups in total. The standard InChI is InChI=1S/C16H20N2O3S2/c1-10(2)7-12(16(20)21-3)18-14(19)8-11-9-23-15(17-11)13-5-4-6-22-13/h4-6,9-10,12H,7-8H2,1-3H3,(H,18,19). The van der Waals surface area contributed by atoms with Crippen LogP contribution in [0.5, 0.6) is 0 Å². The number of hydrogen-bond acceptors (Lipinski definition) is 6. The average molecular weight is 352 g/mol. The van der Waals surface area contributed by atoms with Crippen molar-refractivity contribution in [2.24, 2.45) is 5.92 Å². The van der Waals surface area contributed by atoms with E-state index in [0.717, 1.165) is 9.88 Å². The fraction of sp³-hybridized carbons (Fsp3) is 0.438. The van der Waals surface area contributed by atoms with Crippen LogP contribution in [0.2, 0.25) is 0 Å². The number of esters is 1. The van der Waals surface area contributed by atoms with Crippen LogP contribution in [0.4, 0.5) is 0 Å². The molecule has 0 aromatic carbocycles. The molecule has 0 saturated heterocycles. The highest BCUT2D eigenvalue weighted by atomic mass is 32.1. The fourth-order valence-electron chi connectivity index (χ4n) is 2.14. The van der Waals surface area contributed by atoms with Crippen molar-refractivity contribution in [1.29, 1.82) is 0 Å². The third-order valence-corrected chi connectivity index (χ3v) is 5.08. The van der Waals surface area contributed by atoms with Crippen LogP contribution in [-0.2, 0) is 20.7 Å². The molecule has 0 radical (unpaired) electrons. The Balaban J connectivity index is 1.96. The summed E-state index contributed by atoms with van der Waals surface area (Å²) in [5.41, 5.74) is 0.712. The maximum Gasteiger partial charge on any atom is 0.328 e. The number of nitrogens with zero attached hydrogens (tertiary/aromatic N) is 1. The van der Waals surface area contributed by atoms with Gasteiger partial charge in [0.15, 0.2) is 0 Å². The Labute approximate surface area is 143 Å². The molecule has 0 saturated carbocycles. The number of thiazole rings is 1. The van der Waals surface area contributed by atoms with Crippen LogP contribution in [0.3, 0.4) is 0 Å². The van der Waals surface area contributed by atoms with Gasteiger partial charge in [0, 0.05) is 5.38 Å². The lowest BCUT2D eigenvalue weighted by molar-refractivity contribution is -0.145. The Hall–Kier alpha value is -1.73. The maximum absolute atomic E-state index is 12.2. The summed E-state index contributed by atoms with van der Waals surface area (Å²) < 4.78 is 4.75. The molecule has 124 valence electrons. The van der Waals surface area contributed by atoms with Gasteiger partial charge in [0.1, 0.15) is 11.0 Å². The van der Waals surface area contributed by atoms with Crippen molar-refractivity contribution in [3.63, 3.8) is 0 Å². The number of amides is 1. The molecule has 5 nitrogen and oxygen atoms in total. The number of ether oxygens (including phenoxy) is 1. The highest BCUT2D eigenvalue weighted by molar-refractivity contribution is 7.20. The second kappa shape index (κ2) is 8.21. The number of rotatable bonds is 7. The van der Waals surface area contributed by atoms with Gasteiger partial charge in [-0.15, -0.1) is 22.7 Å². The van der Waals surface area contributed by atoms with E-state index < -0.39 is 12.0 Å². The predicted octanol–water partition coefficient (Wildman–Crippen LogP) is 3.12. The Kier molecular flexibility index (Phi) is 6.29. The number of aromatic nitrogens is 1. The molecule has 2 aromatic heterocycles. The maximum atomic E-state index is 12.2. The largest absolute Gasteiger partial charge is 0.467 e. The summed E-state index contributed by atoms with van der Waals surface area (Å²) in [7, 11) is 1.33. The zero-order chi connectivity index (χ0) is 16.8. The van der Waals surface area contributed by atoms with Crippen LogP contribution in [0, 0.1) is 5.92 Å². The summed E-state index contributed by atoms with van der Waals surface area (Å²) in [6.45, 7) is 3.99. The van der Waals surface area contributed by atoms with Crippen molar-refractivity contribution < 1.29 is 14.3 Å². The number of methoxy groups -OCH3 is 1. The monoisotopic (exact) mass is 352 g/mol. The van der Waals surface area contributed by atoms with E-state index in [1.807, 2.05) is 36.7 Å². The molecule has 0 fully saturated rings. The summed E-state index contributed by atoms with van der Waals surface area (Å²) in [6, 6.07) is 3.37. The normalized spacial score (nSPS) is 12.2. The van der Waals surface area contributed by atoms with Gasteiger partial charge >= 0.3 is 5.97 Å². The minimum Gasteiger partial charge on any atom is -0.467 e. The molecule has 7 heteroatoms. The van der Waals surface area contributed by atoms with E-state index in [-0.39, 0.29) is 18.2 Å². The van der Waals surface area contributed by atoms with Crippen LogP contribution >= 0.6 is 22.7 Å². The number of carbonyl (C=O) groups excluding carboxylic acids is 2. The lowest BCUT2D eigenvalue weighted by atomic mass is 10.0. The molecule has 0 aliphatic carbocycles. The van der Waals surface area contributed by atoms with Crippen molar-refractivity contribution in [3.05, 3.63) is 28.6 Å². The molecular weight excluding hydrogens is 332 g/mol. The number of nitrogens with one attached hydrogen (secondary N) is 1. The molecule has 0 bridgehead atoms. The average Bonchev–Trinajstić information content (AvgIpc) is 3.15. The van der Waals surface area contributed by atoms with E-state index in [1.165, 1.54) is 18.4 Å². The molecular formula is C16H20N2O3S2. The van der Waals surface area contributed by atoms with E-state index in [9.17, 15) is 9.59 Å². The molecule has 2 heterocycles. The van der Waals surface area contributed by atoms with Crippen LogP contribution in [-0.4, -0.2) is 30.0 Å². The molecule has 2 rings (SSSR count). The molecule has 1 atom stereocenters. The van der Waals surface area contributed by atoms with Gasteiger partial charge in [0.25, 0.3) is 0 Å². The lowest BCUT2D eigenvalue weighted by Crippen LogP contribution is -2.43. The first-order valence-corrected chi connectivity index (χ1v) is 9.11. The van der Waals surface area contributed by atoms with Crippen LogP contribution in [0.25, 0.3) is 9.88 Å². The van der Waals surface area contributed by atoms with Gasteiger partial charge in [0.2, 0.25) is 5.91 Å². The van der Waals surface area contributed by atoms with Gasteiger partial charge in [0.05, 0.1) is 24.1 Å². The lowest BCUT2D eigenvalue weighted by Gasteiger charge is -2.18. The smallest absolute Gasteiger partial charge is 0.328 e. The minimum atomic E-state index is -0.608. The molecule has 0 aliphatic heterocycles. The van der Waals surface area contributed by atoms with Crippen molar-refractivity contribution in [2.45, 2.75) is 32.7 Å². The molecule has 23 heavy (non-hydrogen) atoms. The van der Waals surface area contributed by atoms with Crippen molar-refractivity contribution >= 4 is 34.6 Å². The molecule has 0 spiro atoms. The summed E-state index contributed by atoms with van der Waals surface area (Å²) in [6.07, 6.45) is 0.712. The number of carbonyl (C=O) groups is 2. The highest BCUT2D eigenvalue weighted by Crippen LogP contribution is 2.27. The second-order valence-corrected chi connectivity index (χ2v) is 7.38. The fourth-order valence-corrected chi connectivity index (χ4v) is 3.77. The van der Waals surface area contributed by atoms with Crippen LogP contribution in [0.15, 0.2) is 22.9 Å². The van der Waals surface area contributed by atoms with Crippen molar-refractivity contribution in [3.8, 4) is 9.88 Å². The zero-order valence-electron chi connectivity index (χ0n) is 13.4. The summed E-state index contributed by atoms with van der Waals surface area (Å²) in [5.74, 6) is -0.349. The molecule has 2 aromatic rings. The first-order chi connectivity index (χ1) is 11.0. The molecule has 1 amide bonds. The molecule has 0 aliphatic rings. The minimum absolute atomic E-state index is 0.160. The second-order valence-electron chi connectivity index (χ2n) is 5.57. The van der Waals surface area contributed by atoms with E-state index in [2.05, 4.69) is 10.3 Å². The SMILES string of the molecule is COC(=O)C(CC(C)C)NC(=O)Cc1csc(-c2cccs2)n1. The summed E-state index contributed by atoms with van der Waals surface area (Å²) in [4.78, 5) is 29.5. The van der Waals surface area contributed by atoms with Gasteiger partial charge < -0.3 is 10.1 Å². The number of hydrogen-bond donors (Lipinski definition) is 1.